The van der Waals surface area contributed by atoms with Crippen molar-refractivity contribution in [2.75, 3.05) is 38.4 Å². The molecule has 0 aliphatic carbocycles. The Balaban J connectivity index is 1.06. The second-order valence-electron chi connectivity index (χ2n) is 9.19. The van der Waals surface area contributed by atoms with Crippen LogP contribution < -0.4 is 29.7 Å². The number of para-hydroxylation sites is 1. The molecule has 0 atom stereocenters. The predicted molar refractivity (Wildman–Crippen MR) is 140 cm³/mol. The summed E-state index contributed by atoms with van der Waals surface area (Å²) in [7, 11) is 1.72. The Morgan fingerprint density at radius 2 is 1.78 bits per heavy atom. The molecular formula is C29H33N3O4. The van der Waals surface area contributed by atoms with Crippen LogP contribution in [-0.2, 0) is 13.0 Å². The molecule has 0 bridgehead atoms. The lowest BCUT2D eigenvalue weighted by molar-refractivity contribution is 0.0951. The van der Waals surface area contributed by atoms with Crippen molar-refractivity contribution in [3.05, 3.63) is 83.4 Å². The summed E-state index contributed by atoms with van der Waals surface area (Å²) < 4.78 is 16.2. The molecule has 1 amide bonds. The van der Waals surface area contributed by atoms with Gasteiger partial charge in [0, 0.05) is 36.9 Å². The van der Waals surface area contributed by atoms with Crippen LogP contribution in [0.1, 0.15) is 34.3 Å². The maximum absolute atomic E-state index is 12.6. The number of amides is 1. The van der Waals surface area contributed by atoms with Gasteiger partial charge in [0.2, 0.25) is 6.79 Å². The Morgan fingerprint density at radius 1 is 1.00 bits per heavy atom. The van der Waals surface area contributed by atoms with Gasteiger partial charge in [-0.05, 0) is 79.4 Å². The van der Waals surface area contributed by atoms with Crippen LogP contribution >= 0.6 is 0 Å². The van der Waals surface area contributed by atoms with E-state index in [1.165, 1.54) is 5.56 Å². The zero-order valence-electron chi connectivity index (χ0n) is 20.7. The van der Waals surface area contributed by atoms with Crippen molar-refractivity contribution < 1.29 is 19.0 Å². The Kier molecular flexibility index (Phi) is 7.57. The molecule has 3 aromatic rings. The van der Waals surface area contributed by atoms with Gasteiger partial charge in [0.15, 0.2) is 11.5 Å². The second-order valence-corrected chi connectivity index (χ2v) is 9.19. The molecule has 2 aliphatic rings. The maximum Gasteiger partial charge on any atom is 0.251 e. The number of fused-ring (bicyclic) bond motifs is 1. The summed E-state index contributed by atoms with van der Waals surface area (Å²) in [6, 6.07) is 22.4. The van der Waals surface area contributed by atoms with Crippen LogP contribution in [0.2, 0.25) is 0 Å². The molecule has 36 heavy (non-hydrogen) atoms. The first-order chi connectivity index (χ1) is 17.7. The van der Waals surface area contributed by atoms with Gasteiger partial charge < -0.3 is 29.7 Å². The Bertz CT molecular complexity index is 1170. The average molecular weight is 488 g/mol. The normalized spacial score (nSPS) is 15.1. The number of anilines is 1. The molecule has 0 unspecified atom stereocenters. The smallest absolute Gasteiger partial charge is 0.251 e. The molecule has 7 heteroatoms. The van der Waals surface area contributed by atoms with Crippen LogP contribution in [0.15, 0.2) is 66.7 Å². The summed E-state index contributed by atoms with van der Waals surface area (Å²) in [5.74, 6) is 2.34. The highest BCUT2D eigenvalue weighted by Gasteiger charge is 2.19. The van der Waals surface area contributed by atoms with Crippen LogP contribution in [-0.4, -0.2) is 45.5 Å². The van der Waals surface area contributed by atoms with E-state index in [2.05, 4.69) is 27.7 Å². The summed E-state index contributed by atoms with van der Waals surface area (Å²) in [4.78, 5) is 15.0. The molecule has 0 radical (unpaired) electrons. The number of methoxy groups -OCH3 is 1. The molecule has 2 heterocycles. The summed E-state index contributed by atoms with van der Waals surface area (Å²) in [6.45, 7) is 3.63. The molecule has 0 spiro atoms. The number of nitrogens with one attached hydrogen (secondary N) is 2. The third-order valence-electron chi connectivity index (χ3n) is 6.90. The molecule has 3 aromatic carbocycles. The van der Waals surface area contributed by atoms with Gasteiger partial charge in [0.1, 0.15) is 5.75 Å². The summed E-state index contributed by atoms with van der Waals surface area (Å²) >= 11 is 0. The molecule has 1 fully saturated rings. The van der Waals surface area contributed by atoms with Gasteiger partial charge in [-0.3, -0.25) is 4.79 Å². The monoisotopic (exact) mass is 487 g/mol. The molecule has 2 aliphatic heterocycles. The molecule has 5 rings (SSSR count). The first kappa shape index (κ1) is 24.0. The number of benzene rings is 3. The first-order valence-corrected chi connectivity index (χ1v) is 12.6. The molecular weight excluding hydrogens is 454 g/mol. The number of nitrogens with zero attached hydrogens (tertiary/aromatic N) is 1. The number of hydrogen-bond acceptors (Lipinski definition) is 6. The maximum atomic E-state index is 12.6. The number of piperidine rings is 1. The lowest BCUT2D eigenvalue weighted by Crippen LogP contribution is -2.43. The largest absolute Gasteiger partial charge is 0.496 e. The first-order valence-electron chi connectivity index (χ1n) is 12.6. The van der Waals surface area contributed by atoms with Gasteiger partial charge in [0.25, 0.3) is 5.91 Å². The molecule has 188 valence electrons. The van der Waals surface area contributed by atoms with E-state index in [9.17, 15) is 4.79 Å². The van der Waals surface area contributed by atoms with Gasteiger partial charge >= 0.3 is 0 Å². The van der Waals surface area contributed by atoms with Crippen molar-refractivity contribution in [1.82, 2.24) is 10.6 Å². The second kappa shape index (κ2) is 11.4. The lowest BCUT2D eigenvalue weighted by atomic mass is 10.0. The zero-order valence-corrected chi connectivity index (χ0v) is 20.7. The number of hydrogen-bond donors (Lipinski definition) is 2. The highest BCUT2D eigenvalue weighted by molar-refractivity contribution is 5.94. The molecule has 0 aromatic heterocycles. The van der Waals surface area contributed by atoms with Crippen molar-refractivity contribution in [3.8, 4) is 17.2 Å². The van der Waals surface area contributed by atoms with Crippen molar-refractivity contribution in [1.29, 1.82) is 0 Å². The van der Waals surface area contributed by atoms with Gasteiger partial charge in [-0.1, -0.05) is 24.3 Å². The molecule has 2 N–H and O–H groups in total. The van der Waals surface area contributed by atoms with E-state index in [1.54, 1.807) is 7.11 Å². The third-order valence-corrected chi connectivity index (χ3v) is 6.90. The predicted octanol–water partition coefficient (Wildman–Crippen LogP) is 4.16. The van der Waals surface area contributed by atoms with Crippen LogP contribution in [0.25, 0.3) is 0 Å². The fraction of sp³-hybridized carbons (Fsp3) is 0.345. The van der Waals surface area contributed by atoms with Crippen molar-refractivity contribution in [2.24, 2.45) is 0 Å². The van der Waals surface area contributed by atoms with E-state index in [4.69, 9.17) is 14.2 Å². The number of carbonyl (C=O) groups is 1. The van der Waals surface area contributed by atoms with E-state index in [0.29, 0.717) is 18.2 Å². The van der Waals surface area contributed by atoms with Crippen molar-refractivity contribution >= 4 is 11.6 Å². The van der Waals surface area contributed by atoms with E-state index in [-0.39, 0.29) is 12.7 Å². The minimum absolute atomic E-state index is 0.0860. The molecule has 7 nitrogen and oxygen atoms in total. The average Bonchev–Trinajstić information content (AvgIpc) is 3.40. The fourth-order valence-corrected chi connectivity index (χ4v) is 4.82. The Labute approximate surface area is 212 Å². The van der Waals surface area contributed by atoms with E-state index < -0.39 is 0 Å². The topological polar surface area (TPSA) is 72.1 Å². The molecule has 1 saturated heterocycles. The molecule has 0 saturated carbocycles. The van der Waals surface area contributed by atoms with E-state index >= 15 is 0 Å². The fourth-order valence-electron chi connectivity index (χ4n) is 4.82. The zero-order chi connectivity index (χ0) is 24.7. The lowest BCUT2D eigenvalue weighted by Gasteiger charge is -2.34. The third kappa shape index (κ3) is 5.74. The van der Waals surface area contributed by atoms with Crippen LogP contribution in [0.4, 0.5) is 5.69 Å². The van der Waals surface area contributed by atoms with E-state index in [1.807, 2.05) is 54.6 Å². The van der Waals surface area contributed by atoms with Gasteiger partial charge in [-0.25, -0.2) is 0 Å². The van der Waals surface area contributed by atoms with Gasteiger partial charge in [-0.15, -0.1) is 0 Å². The number of carbonyl (C=O) groups excluding carboxylic acids is 1. The Morgan fingerprint density at radius 3 is 2.58 bits per heavy atom. The SMILES string of the molecule is COc1ccccc1CCNC1CCN(c2ccc(C(=O)NCc3ccc4c(c3)OCO4)cc2)CC1. The van der Waals surface area contributed by atoms with Crippen molar-refractivity contribution in [2.45, 2.75) is 31.8 Å². The minimum atomic E-state index is -0.0860. The van der Waals surface area contributed by atoms with E-state index in [0.717, 1.165) is 67.4 Å². The van der Waals surface area contributed by atoms with Gasteiger partial charge in [-0.2, -0.15) is 0 Å². The number of ether oxygens (including phenoxy) is 3. The summed E-state index contributed by atoms with van der Waals surface area (Å²) in [5.41, 5.74) is 4.04. The highest BCUT2D eigenvalue weighted by Crippen LogP contribution is 2.32. The summed E-state index contributed by atoms with van der Waals surface area (Å²) in [5, 5.41) is 6.69. The number of rotatable bonds is 9. The van der Waals surface area contributed by atoms with Gasteiger partial charge in [0.05, 0.1) is 7.11 Å². The highest BCUT2D eigenvalue weighted by atomic mass is 16.7. The minimum Gasteiger partial charge on any atom is -0.496 e. The Hall–Kier alpha value is -3.71. The van der Waals surface area contributed by atoms with Crippen LogP contribution in [0.3, 0.4) is 0 Å². The van der Waals surface area contributed by atoms with Crippen LogP contribution in [0.5, 0.6) is 17.2 Å². The standard InChI is InChI=1S/C29H33N3O4/c1-34-26-5-3-2-4-22(26)12-15-30-24-13-16-32(17-14-24)25-9-7-23(8-10-25)29(33)31-19-21-6-11-27-28(18-21)36-20-35-27/h2-11,18,24,30H,12-17,19-20H2,1H3,(H,31,33). The quantitative estimate of drug-likeness (QED) is 0.472. The van der Waals surface area contributed by atoms with Crippen LogP contribution in [0, 0.1) is 0 Å². The summed E-state index contributed by atoms with van der Waals surface area (Å²) in [6.07, 6.45) is 3.16. The van der Waals surface area contributed by atoms with Crippen molar-refractivity contribution in [3.63, 3.8) is 0 Å².